The van der Waals surface area contributed by atoms with Crippen LogP contribution in [0.4, 0.5) is 0 Å². The second-order valence-electron chi connectivity index (χ2n) is 3.54. The van der Waals surface area contributed by atoms with E-state index in [0.717, 1.165) is 24.6 Å². The third-order valence-electron chi connectivity index (χ3n) is 2.58. The number of hydrogen-bond acceptors (Lipinski definition) is 2. The predicted octanol–water partition coefficient (Wildman–Crippen LogP) is 2.28. The van der Waals surface area contributed by atoms with Crippen LogP contribution >= 0.6 is 0 Å². The average molecular weight is 189 g/mol. The first kappa shape index (κ1) is 9.13. The van der Waals surface area contributed by atoms with Gasteiger partial charge in [-0.1, -0.05) is 18.2 Å². The molecule has 2 aliphatic rings. The molecule has 0 spiro atoms. The molecule has 0 radical (unpaired) electrons. The molecule has 2 heteroatoms. The normalized spacial score (nSPS) is 32.1. The zero-order valence-corrected chi connectivity index (χ0v) is 8.63. The van der Waals surface area contributed by atoms with E-state index in [-0.39, 0.29) is 0 Å². The van der Waals surface area contributed by atoms with Gasteiger partial charge in [-0.3, -0.25) is 0 Å². The summed E-state index contributed by atoms with van der Waals surface area (Å²) < 4.78 is 5.60. The summed E-state index contributed by atoms with van der Waals surface area (Å²) in [6.07, 6.45) is 8.18. The first-order chi connectivity index (χ1) is 6.79. The third kappa shape index (κ3) is 1.60. The van der Waals surface area contributed by atoms with E-state index in [1.165, 1.54) is 11.1 Å². The fourth-order valence-corrected chi connectivity index (χ4v) is 1.61. The van der Waals surface area contributed by atoms with Gasteiger partial charge in [0.15, 0.2) is 0 Å². The fraction of sp³-hybridized carbons (Fsp3) is 0.333. The highest BCUT2D eigenvalue weighted by molar-refractivity contribution is 5.44. The average Bonchev–Trinajstić information content (AvgIpc) is 2.22. The quantitative estimate of drug-likeness (QED) is 0.631. The number of ether oxygens (including phenoxy) is 1. The summed E-state index contributed by atoms with van der Waals surface area (Å²) in [5.41, 5.74) is 3.68. The lowest BCUT2D eigenvalue weighted by Gasteiger charge is -2.24. The Bertz CT molecular complexity index is 359. The van der Waals surface area contributed by atoms with Gasteiger partial charge in [0, 0.05) is 6.54 Å². The van der Waals surface area contributed by atoms with Crippen molar-refractivity contribution in [2.45, 2.75) is 13.8 Å². The minimum Gasteiger partial charge on any atom is -0.490 e. The van der Waals surface area contributed by atoms with E-state index in [1.807, 2.05) is 18.2 Å². The molecule has 1 N–H and O–H groups in total. The maximum absolute atomic E-state index is 5.60. The number of nitrogens with one attached hydrogen (secondary N) is 1. The maximum atomic E-state index is 5.60. The van der Waals surface area contributed by atoms with Crippen molar-refractivity contribution in [3.8, 4) is 0 Å². The summed E-state index contributed by atoms with van der Waals surface area (Å²) in [6.45, 7) is 5.88. The van der Waals surface area contributed by atoms with Crippen LogP contribution in [-0.4, -0.2) is 13.2 Å². The Kier molecular flexibility index (Phi) is 2.44. The van der Waals surface area contributed by atoms with E-state index >= 15 is 0 Å². The van der Waals surface area contributed by atoms with Gasteiger partial charge in [0.05, 0.1) is 5.70 Å². The lowest BCUT2D eigenvalue weighted by molar-refractivity contribution is 0.196. The smallest absolute Gasteiger partial charge is 0.142 e. The van der Waals surface area contributed by atoms with Gasteiger partial charge >= 0.3 is 0 Å². The van der Waals surface area contributed by atoms with Gasteiger partial charge in [-0.05, 0) is 31.1 Å². The molecule has 0 amide bonds. The predicted molar refractivity (Wildman–Crippen MR) is 57.6 cm³/mol. The van der Waals surface area contributed by atoms with Crippen molar-refractivity contribution in [2.24, 2.45) is 0 Å². The molecular formula is C12H15NO. The Morgan fingerprint density at radius 1 is 1.21 bits per heavy atom. The van der Waals surface area contributed by atoms with Crippen LogP contribution in [0.3, 0.4) is 0 Å². The van der Waals surface area contributed by atoms with Crippen LogP contribution in [0.5, 0.6) is 0 Å². The number of fused-ring (bicyclic) bond motifs is 1. The van der Waals surface area contributed by atoms with E-state index in [0.29, 0.717) is 0 Å². The third-order valence-corrected chi connectivity index (χ3v) is 2.58. The largest absolute Gasteiger partial charge is 0.490 e. The molecule has 74 valence electrons. The highest BCUT2D eigenvalue weighted by Crippen LogP contribution is 2.23. The van der Waals surface area contributed by atoms with Crippen LogP contribution in [0.2, 0.25) is 0 Å². The summed E-state index contributed by atoms with van der Waals surface area (Å²) >= 11 is 0. The van der Waals surface area contributed by atoms with Crippen molar-refractivity contribution in [3.63, 3.8) is 0 Å². The van der Waals surface area contributed by atoms with Gasteiger partial charge in [-0.15, -0.1) is 0 Å². The lowest BCUT2D eigenvalue weighted by atomic mass is 10.0. The molecule has 0 bridgehead atoms. The van der Waals surface area contributed by atoms with E-state index in [1.54, 1.807) is 0 Å². The Morgan fingerprint density at radius 2 is 2.00 bits per heavy atom. The van der Waals surface area contributed by atoms with Gasteiger partial charge in [-0.2, -0.15) is 0 Å². The van der Waals surface area contributed by atoms with Crippen LogP contribution in [0.25, 0.3) is 0 Å². The molecule has 0 unspecified atom stereocenters. The first-order valence-electron chi connectivity index (χ1n) is 4.92. The van der Waals surface area contributed by atoms with Gasteiger partial charge in [0.1, 0.15) is 12.4 Å². The van der Waals surface area contributed by atoms with Gasteiger partial charge in [0.25, 0.3) is 0 Å². The molecule has 0 aromatic heterocycles. The van der Waals surface area contributed by atoms with Crippen LogP contribution in [-0.2, 0) is 4.74 Å². The van der Waals surface area contributed by atoms with Crippen molar-refractivity contribution in [2.75, 3.05) is 13.2 Å². The first-order valence-corrected chi connectivity index (χ1v) is 4.92. The van der Waals surface area contributed by atoms with E-state index in [2.05, 4.69) is 25.2 Å². The monoisotopic (exact) mass is 189 g/mol. The Labute approximate surface area is 84.6 Å². The number of morpholine rings is 1. The van der Waals surface area contributed by atoms with E-state index < -0.39 is 0 Å². The summed E-state index contributed by atoms with van der Waals surface area (Å²) in [7, 11) is 0. The fourth-order valence-electron chi connectivity index (χ4n) is 1.61. The summed E-state index contributed by atoms with van der Waals surface area (Å²) in [5, 5.41) is 3.38. The number of allylic oxidation sites excluding steroid dienone is 6. The molecule has 0 atom stereocenters. The SMILES string of the molecule is CC1=C/C=C/C=C2OCCN\C2=C\1C. The van der Waals surface area contributed by atoms with E-state index in [9.17, 15) is 0 Å². The minimum atomic E-state index is 0.749. The zero-order valence-electron chi connectivity index (χ0n) is 8.63. The minimum absolute atomic E-state index is 0.749. The number of rotatable bonds is 0. The summed E-state index contributed by atoms with van der Waals surface area (Å²) in [5.74, 6) is 0.956. The molecule has 1 fully saturated rings. The highest BCUT2D eigenvalue weighted by atomic mass is 16.5. The molecule has 2 nitrogen and oxygen atoms in total. The second-order valence-corrected chi connectivity index (χ2v) is 3.54. The molecule has 1 heterocycles. The molecule has 0 aromatic carbocycles. The van der Waals surface area contributed by atoms with Gasteiger partial charge in [-0.25, -0.2) is 0 Å². The van der Waals surface area contributed by atoms with Crippen molar-refractivity contribution < 1.29 is 4.74 Å². The molecule has 1 saturated heterocycles. The van der Waals surface area contributed by atoms with Crippen molar-refractivity contribution >= 4 is 0 Å². The standard InChI is InChI=1S/C12H15NO/c1-9-5-3-4-6-11-12(10(9)2)13-7-8-14-11/h3-6,13H,7-8H2,1-2H3/b4-3+,5-3?,6-4?,9-5-,10-9?,11-6?,12-10+. The Morgan fingerprint density at radius 3 is 2.86 bits per heavy atom. The van der Waals surface area contributed by atoms with Crippen LogP contribution in [0, 0.1) is 0 Å². The van der Waals surface area contributed by atoms with Gasteiger partial charge in [0.2, 0.25) is 0 Å². The van der Waals surface area contributed by atoms with Crippen molar-refractivity contribution in [3.05, 3.63) is 46.9 Å². The van der Waals surface area contributed by atoms with E-state index in [4.69, 9.17) is 4.74 Å². The maximum Gasteiger partial charge on any atom is 0.142 e. The van der Waals surface area contributed by atoms with Crippen LogP contribution < -0.4 is 5.32 Å². The van der Waals surface area contributed by atoms with Crippen LogP contribution in [0.1, 0.15) is 13.8 Å². The summed E-state index contributed by atoms with van der Waals surface area (Å²) in [4.78, 5) is 0. The topological polar surface area (TPSA) is 21.3 Å². The molecule has 0 saturated carbocycles. The summed E-state index contributed by atoms with van der Waals surface area (Å²) in [6, 6.07) is 0. The van der Waals surface area contributed by atoms with Gasteiger partial charge < -0.3 is 10.1 Å². The highest BCUT2D eigenvalue weighted by Gasteiger charge is 2.15. The molecular weight excluding hydrogens is 174 g/mol. The molecule has 0 aromatic rings. The van der Waals surface area contributed by atoms with Crippen LogP contribution in [0.15, 0.2) is 46.9 Å². The van der Waals surface area contributed by atoms with Crippen molar-refractivity contribution in [1.29, 1.82) is 0 Å². The number of hydrogen-bond donors (Lipinski definition) is 1. The Balaban J connectivity index is 2.45. The zero-order chi connectivity index (χ0) is 9.97. The molecule has 1 aliphatic heterocycles. The molecule has 14 heavy (non-hydrogen) atoms. The molecule has 1 aliphatic carbocycles. The second kappa shape index (κ2) is 3.74. The van der Waals surface area contributed by atoms with Crippen molar-refractivity contribution in [1.82, 2.24) is 5.32 Å². The molecule has 2 rings (SSSR count). The lowest BCUT2D eigenvalue weighted by Crippen LogP contribution is -2.28. The Hall–Kier alpha value is -1.44.